The highest BCUT2D eigenvalue weighted by atomic mass is 35.5. The summed E-state index contributed by atoms with van der Waals surface area (Å²) in [6.07, 6.45) is -4.11. The molecule has 2 atom stereocenters. The van der Waals surface area contributed by atoms with E-state index in [-0.39, 0.29) is 50.8 Å². The van der Waals surface area contributed by atoms with E-state index in [4.69, 9.17) is 37.8 Å². The lowest BCUT2D eigenvalue weighted by Crippen LogP contribution is -2.47. The van der Waals surface area contributed by atoms with Crippen LogP contribution in [0.4, 0.5) is 18.9 Å². The molecule has 8 nitrogen and oxygen atoms in total. The highest BCUT2D eigenvalue weighted by Gasteiger charge is 2.59. The number of nitrogens with zero attached hydrogens (tertiary/aromatic N) is 2. The van der Waals surface area contributed by atoms with Crippen molar-refractivity contribution in [3.63, 3.8) is 0 Å². The number of hydrogen-bond donors (Lipinski definition) is 2. The second-order valence-corrected chi connectivity index (χ2v) is 9.33. The molecule has 0 spiro atoms. The topological polar surface area (TPSA) is 109 Å². The monoisotopic (exact) mass is 570 g/mol. The maximum Gasteiger partial charge on any atom is 0.422 e. The van der Waals surface area contributed by atoms with Gasteiger partial charge in [0.15, 0.2) is 12.2 Å². The number of aromatic nitrogens is 1. The Morgan fingerprint density at radius 2 is 1.87 bits per heavy atom. The van der Waals surface area contributed by atoms with Crippen LogP contribution in [0.25, 0.3) is 0 Å². The number of rotatable bonds is 6. The highest BCUT2D eigenvalue weighted by molar-refractivity contribution is 6.32. The number of likely N-dealkylation sites (N-methyl/N-ethyl adjacent to an activating group) is 1. The lowest BCUT2D eigenvalue weighted by atomic mass is 9.77. The van der Waals surface area contributed by atoms with Crippen molar-refractivity contribution in [1.82, 2.24) is 4.98 Å². The van der Waals surface area contributed by atoms with Crippen molar-refractivity contribution in [3.8, 4) is 17.4 Å². The fourth-order valence-electron chi connectivity index (χ4n) is 4.05. The Hall–Kier alpha value is -3.54. The molecule has 0 bridgehead atoms. The van der Waals surface area contributed by atoms with Crippen molar-refractivity contribution < 1.29 is 42.4 Å². The number of alkyl halides is 3. The van der Waals surface area contributed by atoms with Gasteiger partial charge in [-0.2, -0.15) is 13.2 Å². The number of ether oxygens (including phenoxy) is 2. The number of carbonyl (C=O) groups is 2. The van der Waals surface area contributed by atoms with Gasteiger partial charge in [0.25, 0.3) is 5.91 Å². The summed E-state index contributed by atoms with van der Waals surface area (Å²) in [5, 5.41) is 20.0. The van der Waals surface area contributed by atoms with Crippen molar-refractivity contribution in [2.45, 2.75) is 24.6 Å². The predicted octanol–water partition coefficient (Wildman–Crippen LogP) is 5.79. The number of carboxylic acids is 1. The van der Waals surface area contributed by atoms with Crippen LogP contribution in [0.2, 0.25) is 10.0 Å². The Morgan fingerprint density at radius 3 is 2.47 bits per heavy atom. The van der Waals surface area contributed by atoms with Crippen LogP contribution in [-0.2, 0) is 10.4 Å². The summed E-state index contributed by atoms with van der Waals surface area (Å²) in [7, 11) is 1.40. The Morgan fingerprint density at radius 1 is 1.16 bits per heavy atom. The average molecular weight is 571 g/mol. The Labute approximate surface area is 224 Å². The van der Waals surface area contributed by atoms with Crippen LogP contribution in [0.15, 0.2) is 48.7 Å². The Balaban J connectivity index is 1.69. The summed E-state index contributed by atoms with van der Waals surface area (Å²) < 4.78 is 54.2. The van der Waals surface area contributed by atoms with Gasteiger partial charge in [-0.3, -0.25) is 4.79 Å². The van der Waals surface area contributed by atoms with Crippen LogP contribution < -0.4 is 14.4 Å². The molecule has 0 aliphatic carbocycles. The van der Waals surface area contributed by atoms with Crippen LogP contribution in [0.3, 0.4) is 0 Å². The van der Waals surface area contributed by atoms with E-state index < -0.39 is 35.1 Å². The van der Waals surface area contributed by atoms with Crippen molar-refractivity contribution in [1.29, 1.82) is 0 Å². The molecular weight excluding hydrogens is 552 g/mol. The molecule has 0 saturated carbocycles. The number of fused-ring (bicyclic) bond motifs is 1. The first-order valence-corrected chi connectivity index (χ1v) is 11.7. The van der Waals surface area contributed by atoms with Gasteiger partial charge in [-0.25, -0.2) is 9.78 Å². The minimum atomic E-state index is -5.14. The van der Waals surface area contributed by atoms with E-state index in [1.54, 1.807) is 0 Å². The average Bonchev–Trinajstić information content (AvgIpc) is 2.85. The van der Waals surface area contributed by atoms with E-state index in [1.807, 2.05) is 0 Å². The predicted molar refractivity (Wildman–Crippen MR) is 131 cm³/mol. The lowest BCUT2D eigenvalue weighted by molar-refractivity contribution is -0.274. The number of anilines is 1. The van der Waals surface area contributed by atoms with E-state index in [0.29, 0.717) is 0 Å². The zero-order valence-corrected chi connectivity index (χ0v) is 21.2. The van der Waals surface area contributed by atoms with E-state index in [9.17, 15) is 27.9 Å². The summed E-state index contributed by atoms with van der Waals surface area (Å²) in [5.74, 6) is -3.18. The minimum absolute atomic E-state index is 0.0440. The SMILES string of the molecule is C[C@H](c1ccc(Oc2ncc(C(=O)O)cc2Cl)cc1Cl)[C@@](O)(c1ccc2c(c1)N(C)C(=O)CO2)C(F)(F)F. The molecule has 13 heteroatoms. The molecule has 200 valence electrons. The minimum Gasteiger partial charge on any atom is -0.482 e. The first kappa shape index (κ1) is 27.5. The fourth-order valence-corrected chi connectivity index (χ4v) is 4.58. The van der Waals surface area contributed by atoms with Crippen molar-refractivity contribution in [2.75, 3.05) is 18.6 Å². The summed E-state index contributed by atoms with van der Waals surface area (Å²) in [5.41, 5.74) is -4.03. The number of hydrogen-bond acceptors (Lipinski definition) is 6. The third kappa shape index (κ3) is 4.84. The number of carboxylic acid groups (broad SMARTS) is 1. The molecule has 4 rings (SSSR count). The molecule has 2 N–H and O–H groups in total. The Kier molecular flexibility index (Phi) is 7.21. The van der Waals surface area contributed by atoms with Gasteiger partial charge in [0, 0.05) is 24.2 Å². The second-order valence-electron chi connectivity index (χ2n) is 8.51. The third-order valence-corrected chi connectivity index (χ3v) is 6.85. The molecule has 0 radical (unpaired) electrons. The van der Waals surface area contributed by atoms with Gasteiger partial charge in [-0.15, -0.1) is 0 Å². The molecular formula is C25H19Cl2F3N2O6. The van der Waals surface area contributed by atoms with Crippen LogP contribution in [0.1, 0.15) is 34.3 Å². The molecule has 1 aliphatic heterocycles. The maximum atomic E-state index is 14.5. The van der Waals surface area contributed by atoms with Gasteiger partial charge >= 0.3 is 12.1 Å². The largest absolute Gasteiger partial charge is 0.482 e. The molecule has 2 aromatic carbocycles. The fraction of sp³-hybridized carbons (Fsp3) is 0.240. The normalized spacial score (nSPS) is 15.8. The lowest BCUT2D eigenvalue weighted by Gasteiger charge is -2.38. The summed E-state index contributed by atoms with van der Waals surface area (Å²) in [4.78, 5) is 28.0. The molecule has 1 aromatic heterocycles. The number of benzene rings is 2. The third-order valence-electron chi connectivity index (χ3n) is 6.25. The van der Waals surface area contributed by atoms with Gasteiger partial charge in [0.05, 0.1) is 11.3 Å². The number of amides is 1. The molecule has 0 saturated heterocycles. The van der Waals surface area contributed by atoms with Crippen LogP contribution in [0.5, 0.6) is 17.4 Å². The molecule has 0 unspecified atom stereocenters. The zero-order valence-electron chi connectivity index (χ0n) is 19.7. The number of aromatic carboxylic acids is 1. The smallest absolute Gasteiger partial charge is 0.422 e. The van der Waals surface area contributed by atoms with Gasteiger partial charge in [-0.05, 0) is 41.5 Å². The van der Waals surface area contributed by atoms with Gasteiger partial charge < -0.3 is 24.6 Å². The summed E-state index contributed by atoms with van der Waals surface area (Å²) in [6.45, 7) is 0.917. The van der Waals surface area contributed by atoms with Gasteiger partial charge in [-0.1, -0.05) is 42.3 Å². The molecule has 3 aromatic rings. The van der Waals surface area contributed by atoms with Crippen molar-refractivity contribution in [3.05, 3.63) is 75.4 Å². The zero-order chi connectivity index (χ0) is 28.0. The van der Waals surface area contributed by atoms with Gasteiger partial charge in [0.1, 0.15) is 16.5 Å². The van der Waals surface area contributed by atoms with Crippen molar-refractivity contribution >= 4 is 40.8 Å². The van der Waals surface area contributed by atoms with Crippen LogP contribution in [0, 0.1) is 0 Å². The van der Waals surface area contributed by atoms with Crippen molar-refractivity contribution in [2.24, 2.45) is 0 Å². The first-order chi connectivity index (χ1) is 17.7. The number of pyridine rings is 1. The van der Waals surface area contributed by atoms with Crippen LogP contribution >= 0.6 is 23.2 Å². The Bertz CT molecular complexity index is 1430. The highest BCUT2D eigenvalue weighted by Crippen LogP contribution is 2.51. The second kappa shape index (κ2) is 9.97. The standard InChI is InChI=1S/C25H19Cl2F3N2O6/c1-12(16-5-4-15(9-17(16)26)38-22-18(27)7-13(10-31-22)23(34)35)24(36,25(28,29)30)14-3-6-20-19(8-14)32(2)21(33)11-37-20/h3-10,12,36H,11H2,1-2H3,(H,34,35)/t12-,24-/m1/s1. The quantitative estimate of drug-likeness (QED) is 0.386. The van der Waals surface area contributed by atoms with Crippen LogP contribution in [-0.4, -0.2) is 46.9 Å². The van der Waals surface area contributed by atoms with E-state index in [0.717, 1.165) is 29.3 Å². The first-order valence-electron chi connectivity index (χ1n) is 10.9. The van der Waals surface area contributed by atoms with E-state index >= 15 is 0 Å². The summed E-state index contributed by atoms with van der Waals surface area (Å²) in [6, 6.07) is 8.34. The van der Waals surface area contributed by atoms with E-state index in [1.165, 1.54) is 38.2 Å². The molecule has 38 heavy (non-hydrogen) atoms. The number of aliphatic hydroxyl groups is 1. The molecule has 0 fully saturated rings. The number of halogens is 5. The summed E-state index contributed by atoms with van der Waals surface area (Å²) >= 11 is 12.4. The molecule has 1 aliphatic rings. The molecule has 2 heterocycles. The molecule has 1 amide bonds. The van der Waals surface area contributed by atoms with Gasteiger partial charge in [0.2, 0.25) is 5.88 Å². The maximum absolute atomic E-state index is 14.5. The number of carbonyl (C=O) groups excluding carboxylic acids is 1. The van der Waals surface area contributed by atoms with E-state index in [2.05, 4.69) is 4.98 Å².